The molecule has 2 heterocycles. The normalized spacial score (nSPS) is 27.2. The number of nitrogens with zero attached hydrogens (tertiary/aromatic N) is 2. The molecular weight excluding hydrogens is 332 g/mol. The first kappa shape index (κ1) is 20.8. The van der Waals surface area contributed by atoms with E-state index in [9.17, 15) is 9.90 Å². The summed E-state index contributed by atoms with van der Waals surface area (Å²) in [6.45, 7) is 11.3. The average Bonchev–Trinajstić information content (AvgIpc) is 2.82. The van der Waals surface area contributed by atoms with E-state index in [4.69, 9.17) is 4.74 Å². The van der Waals surface area contributed by atoms with E-state index in [1.807, 2.05) is 39.5 Å². The van der Waals surface area contributed by atoms with Gasteiger partial charge in [-0.15, -0.1) is 0 Å². The van der Waals surface area contributed by atoms with Crippen LogP contribution in [0.25, 0.3) is 0 Å². The van der Waals surface area contributed by atoms with Crippen LogP contribution < -0.4 is 10.6 Å². The molecule has 2 saturated heterocycles. The largest absolute Gasteiger partial charge is 0.444 e. The summed E-state index contributed by atoms with van der Waals surface area (Å²) in [4.78, 5) is 19.1. The molecule has 2 bridgehead atoms. The lowest BCUT2D eigenvalue weighted by molar-refractivity contribution is 0.00545. The lowest BCUT2D eigenvalue weighted by Crippen LogP contribution is -2.55. The zero-order valence-corrected chi connectivity index (χ0v) is 16.9. The fourth-order valence-corrected chi connectivity index (χ4v) is 3.73. The van der Waals surface area contributed by atoms with Crippen LogP contribution in [0.2, 0.25) is 0 Å². The van der Waals surface area contributed by atoms with E-state index in [0.717, 1.165) is 38.2 Å². The van der Waals surface area contributed by atoms with Crippen LogP contribution in [0, 0.1) is 5.92 Å². The maximum absolute atomic E-state index is 12.5. The van der Waals surface area contributed by atoms with Gasteiger partial charge < -0.3 is 25.4 Å². The summed E-state index contributed by atoms with van der Waals surface area (Å²) in [6.07, 6.45) is 3.72. The van der Waals surface area contributed by atoms with Crippen LogP contribution in [-0.4, -0.2) is 65.5 Å². The highest BCUT2D eigenvalue weighted by Gasteiger charge is 2.45. The number of guanidine groups is 1. The van der Waals surface area contributed by atoms with Gasteiger partial charge in [0.1, 0.15) is 5.60 Å². The maximum atomic E-state index is 12.5. The van der Waals surface area contributed by atoms with Crippen LogP contribution in [0.3, 0.4) is 0 Å². The monoisotopic (exact) mass is 368 g/mol. The summed E-state index contributed by atoms with van der Waals surface area (Å²) in [5, 5.41) is 16.0. The Morgan fingerprint density at radius 2 is 1.92 bits per heavy atom. The number of nitrogens with one attached hydrogen (secondary N) is 2. The summed E-state index contributed by atoms with van der Waals surface area (Å²) >= 11 is 0. The lowest BCUT2D eigenvalue weighted by Gasteiger charge is -2.40. The van der Waals surface area contributed by atoms with E-state index >= 15 is 0 Å². The molecule has 2 fully saturated rings. The number of carbonyl (C=O) groups excluding carboxylic acids is 1. The number of hydrogen-bond donors (Lipinski definition) is 3. The van der Waals surface area contributed by atoms with Crippen molar-refractivity contribution in [3.05, 3.63) is 0 Å². The second-order valence-electron chi connectivity index (χ2n) is 8.59. The summed E-state index contributed by atoms with van der Waals surface area (Å²) in [7, 11) is 0. The second kappa shape index (κ2) is 8.93. The fourth-order valence-electron chi connectivity index (χ4n) is 3.73. The third-order valence-electron chi connectivity index (χ3n) is 4.90. The van der Waals surface area contributed by atoms with E-state index in [-0.39, 0.29) is 30.7 Å². The first-order valence-corrected chi connectivity index (χ1v) is 9.90. The molecule has 0 spiro atoms. The second-order valence-corrected chi connectivity index (χ2v) is 8.59. The minimum atomic E-state index is -0.458. The quantitative estimate of drug-likeness (QED) is 0.511. The Bertz CT molecular complexity index is 490. The summed E-state index contributed by atoms with van der Waals surface area (Å²) in [5.74, 6) is 0.943. The molecule has 150 valence electrons. The molecule has 26 heavy (non-hydrogen) atoms. The van der Waals surface area contributed by atoms with E-state index in [1.54, 1.807) is 0 Å². The number of hydrogen-bond acceptors (Lipinski definition) is 4. The molecule has 0 radical (unpaired) electrons. The molecule has 0 aromatic rings. The van der Waals surface area contributed by atoms with Gasteiger partial charge in [0, 0.05) is 37.8 Å². The zero-order valence-electron chi connectivity index (χ0n) is 16.9. The van der Waals surface area contributed by atoms with Crippen molar-refractivity contribution in [3.8, 4) is 0 Å². The predicted octanol–water partition coefficient (Wildman–Crippen LogP) is 2.10. The highest BCUT2D eigenvalue weighted by atomic mass is 16.6. The molecule has 2 aliphatic rings. The molecule has 3 unspecified atom stereocenters. The SMILES string of the molecule is CCNC(=NCC(C)CO)NC1CC2CCC(C1)N2C(=O)OC(C)(C)C. The Morgan fingerprint density at radius 1 is 1.31 bits per heavy atom. The minimum Gasteiger partial charge on any atom is -0.444 e. The molecule has 0 aromatic heterocycles. The van der Waals surface area contributed by atoms with Crippen LogP contribution >= 0.6 is 0 Å². The Kier molecular flexibility index (Phi) is 7.15. The Morgan fingerprint density at radius 3 is 2.42 bits per heavy atom. The molecule has 3 N–H and O–H groups in total. The number of aliphatic hydroxyl groups excluding tert-OH is 1. The predicted molar refractivity (Wildman–Crippen MR) is 103 cm³/mol. The van der Waals surface area contributed by atoms with Crippen molar-refractivity contribution in [1.82, 2.24) is 15.5 Å². The Balaban J connectivity index is 1.95. The molecule has 0 aliphatic carbocycles. The molecule has 1 amide bonds. The minimum absolute atomic E-state index is 0.140. The van der Waals surface area contributed by atoms with E-state index in [2.05, 4.69) is 15.6 Å². The summed E-state index contributed by atoms with van der Waals surface area (Å²) in [5.41, 5.74) is -0.458. The third-order valence-corrected chi connectivity index (χ3v) is 4.90. The number of rotatable bonds is 5. The van der Waals surface area contributed by atoms with Crippen molar-refractivity contribution < 1.29 is 14.6 Å². The molecule has 0 aromatic carbocycles. The van der Waals surface area contributed by atoms with Gasteiger partial charge in [0.2, 0.25) is 0 Å². The van der Waals surface area contributed by atoms with Gasteiger partial charge in [-0.25, -0.2) is 4.79 Å². The van der Waals surface area contributed by atoms with Crippen molar-refractivity contribution >= 4 is 12.1 Å². The van der Waals surface area contributed by atoms with Crippen LogP contribution in [0.15, 0.2) is 4.99 Å². The number of ether oxygens (including phenoxy) is 1. The standard InChI is InChI=1S/C19H36N4O3/c1-6-20-17(21-11-13(2)12-24)22-14-9-15-7-8-16(10-14)23(15)18(25)26-19(3,4)5/h13-16,24H,6-12H2,1-5H3,(H2,20,21,22). The lowest BCUT2D eigenvalue weighted by atomic mass is 9.98. The van der Waals surface area contributed by atoms with Crippen molar-refractivity contribution in [1.29, 1.82) is 0 Å². The first-order valence-electron chi connectivity index (χ1n) is 9.90. The number of piperidine rings is 1. The average molecular weight is 369 g/mol. The summed E-state index contributed by atoms with van der Waals surface area (Å²) in [6, 6.07) is 0.772. The van der Waals surface area contributed by atoms with Crippen LogP contribution in [0.5, 0.6) is 0 Å². The summed E-state index contributed by atoms with van der Waals surface area (Å²) < 4.78 is 5.60. The molecule has 3 atom stereocenters. The highest BCUT2D eigenvalue weighted by Crippen LogP contribution is 2.36. The number of carbonyl (C=O) groups is 1. The molecule has 7 nitrogen and oxygen atoms in total. The topological polar surface area (TPSA) is 86.2 Å². The van der Waals surface area contributed by atoms with Gasteiger partial charge in [0.05, 0.1) is 0 Å². The van der Waals surface area contributed by atoms with Crippen molar-refractivity contribution in [2.24, 2.45) is 10.9 Å². The van der Waals surface area contributed by atoms with Gasteiger partial charge in [0.25, 0.3) is 0 Å². The van der Waals surface area contributed by atoms with Crippen LogP contribution in [-0.2, 0) is 4.74 Å². The van der Waals surface area contributed by atoms with Gasteiger partial charge in [-0.3, -0.25) is 4.99 Å². The molecule has 0 saturated carbocycles. The van der Waals surface area contributed by atoms with E-state index < -0.39 is 5.60 Å². The van der Waals surface area contributed by atoms with Gasteiger partial charge in [-0.2, -0.15) is 0 Å². The van der Waals surface area contributed by atoms with Crippen molar-refractivity contribution in [2.45, 2.75) is 84.0 Å². The maximum Gasteiger partial charge on any atom is 0.410 e. The highest BCUT2D eigenvalue weighted by molar-refractivity contribution is 5.80. The molecule has 7 heteroatoms. The van der Waals surface area contributed by atoms with Gasteiger partial charge in [-0.1, -0.05) is 6.92 Å². The van der Waals surface area contributed by atoms with Gasteiger partial charge in [-0.05, 0) is 59.3 Å². The van der Waals surface area contributed by atoms with Crippen molar-refractivity contribution in [3.63, 3.8) is 0 Å². The van der Waals surface area contributed by atoms with Crippen LogP contribution in [0.4, 0.5) is 4.79 Å². The number of aliphatic imine (C=N–C) groups is 1. The van der Waals surface area contributed by atoms with Crippen molar-refractivity contribution in [2.75, 3.05) is 19.7 Å². The molecular formula is C19H36N4O3. The Hall–Kier alpha value is -1.50. The van der Waals surface area contributed by atoms with Gasteiger partial charge >= 0.3 is 6.09 Å². The number of fused-ring (bicyclic) bond motifs is 2. The Labute approximate surface area is 157 Å². The number of amides is 1. The molecule has 2 aliphatic heterocycles. The first-order chi connectivity index (χ1) is 12.2. The zero-order chi connectivity index (χ0) is 19.3. The third kappa shape index (κ3) is 5.76. The van der Waals surface area contributed by atoms with E-state index in [0.29, 0.717) is 12.6 Å². The number of aliphatic hydroxyl groups is 1. The fraction of sp³-hybridized carbons (Fsp3) is 0.895. The molecule has 2 rings (SSSR count). The van der Waals surface area contributed by atoms with E-state index in [1.165, 1.54) is 0 Å². The smallest absolute Gasteiger partial charge is 0.410 e. The van der Waals surface area contributed by atoms with Crippen LogP contribution in [0.1, 0.15) is 60.3 Å². The van der Waals surface area contributed by atoms with Gasteiger partial charge in [0.15, 0.2) is 5.96 Å².